The number of amides is 1. The first kappa shape index (κ1) is 24.2. The molecule has 0 spiro atoms. The molecule has 1 unspecified atom stereocenters. The van der Waals surface area contributed by atoms with Crippen LogP contribution in [0.1, 0.15) is 40.7 Å². The topological polar surface area (TPSA) is 58.7 Å². The molecule has 1 aliphatic rings. The van der Waals surface area contributed by atoms with E-state index >= 15 is 0 Å². The van der Waals surface area contributed by atoms with Crippen LogP contribution in [0.15, 0.2) is 56.9 Å². The molecule has 33 heavy (non-hydrogen) atoms. The molecule has 1 saturated heterocycles. The normalized spacial score (nSPS) is 17.2. The third-order valence-corrected chi connectivity index (χ3v) is 8.40. The Labute approximate surface area is 211 Å². The van der Waals surface area contributed by atoms with Crippen molar-refractivity contribution in [1.82, 2.24) is 10.1 Å². The predicted molar refractivity (Wildman–Crippen MR) is 138 cm³/mol. The summed E-state index contributed by atoms with van der Waals surface area (Å²) in [7, 11) is 0. The number of benzene rings is 2. The summed E-state index contributed by atoms with van der Waals surface area (Å²) >= 11 is 15.4. The molecule has 5 nitrogen and oxygen atoms in total. The zero-order chi connectivity index (χ0) is 23.5. The number of hydrogen-bond acceptors (Lipinski definition) is 6. The van der Waals surface area contributed by atoms with E-state index in [1.54, 1.807) is 41.7 Å². The average Bonchev–Trinajstić information content (AvgIpc) is 3.36. The minimum absolute atomic E-state index is 0.0486. The SMILES string of the molecule is CCC1CSC(=Nc2ccc(Cl)c(Cl)c2)N1C(=O)c1ccccc1SCc1c(C)noc1C. The molecule has 0 saturated carbocycles. The molecule has 2 heterocycles. The molecule has 3 aromatic rings. The van der Waals surface area contributed by atoms with Gasteiger partial charge in [0, 0.05) is 28.0 Å². The van der Waals surface area contributed by atoms with E-state index in [1.807, 2.05) is 43.0 Å². The first-order chi connectivity index (χ1) is 15.9. The second-order valence-electron chi connectivity index (χ2n) is 7.63. The van der Waals surface area contributed by atoms with Crippen molar-refractivity contribution in [3.63, 3.8) is 0 Å². The van der Waals surface area contributed by atoms with Gasteiger partial charge in [0.05, 0.1) is 27.0 Å². The number of aromatic nitrogens is 1. The highest BCUT2D eigenvalue weighted by Gasteiger charge is 2.35. The van der Waals surface area contributed by atoms with Gasteiger partial charge in [0.1, 0.15) is 5.76 Å². The number of carbonyl (C=O) groups excluding carboxylic acids is 1. The molecule has 1 fully saturated rings. The van der Waals surface area contributed by atoms with E-state index in [2.05, 4.69) is 12.1 Å². The fraction of sp³-hybridized carbons (Fsp3) is 0.292. The predicted octanol–water partition coefficient (Wildman–Crippen LogP) is 7.55. The van der Waals surface area contributed by atoms with Gasteiger partial charge in [-0.2, -0.15) is 0 Å². The van der Waals surface area contributed by atoms with Crippen molar-refractivity contribution in [2.24, 2.45) is 4.99 Å². The van der Waals surface area contributed by atoms with Gasteiger partial charge in [0.2, 0.25) is 0 Å². The van der Waals surface area contributed by atoms with Gasteiger partial charge in [-0.15, -0.1) is 11.8 Å². The van der Waals surface area contributed by atoms with Crippen LogP contribution in [0.5, 0.6) is 0 Å². The summed E-state index contributed by atoms with van der Waals surface area (Å²) in [6, 6.07) is 13.0. The van der Waals surface area contributed by atoms with E-state index in [4.69, 9.17) is 32.7 Å². The molecule has 0 aliphatic carbocycles. The second-order valence-corrected chi connectivity index (χ2v) is 10.4. The highest BCUT2D eigenvalue weighted by atomic mass is 35.5. The Bertz CT molecular complexity index is 1190. The van der Waals surface area contributed by atoms with Crippen LogP contribution in [0, 0.1) is 13.8 Å². The lowest BCUT2D eigenvalue weighted by atomic mass is 10.1. The largest absolute Gasteiger partial charge is 0.361 e. The maximum atomic E-state index is 13.8. The Kier molecular flexibility index (Phi) is 7.74. The summed E-state index contributed by atoms with van der Waals surface area (Å²) in [6.07, 6.45) is 0.841. The number of rotatable bonds is 6. The Morgan fingerprint density at radius 3 is 2.73 bits per heavy atom. The van der Waals surface area contributed by atoms with Crippen LogP contribution in [0.4, 0.5) is 5.69 Å². The smallest absolute Gasteiger partial charge is 0.261 e. The summed E-state index contributed by atoms with van der Waals surface area (Å²) in [5.74, 6) is 2.24. The molecule has 1 aliphatic heterocycles. The quantitative estimate of drug-likeness (QED) is 0.314. The van der Waals surface area contributed by atoms with Gasteiger partial charge in [-0.1, -0.05) is 59.2 Å². The van der Waals surface area contributed by atoms with Crippen molar-refractivity contribution in [2.75, 3.05) is 5.75 Å². The van der Waals surface area contributed by atoms with Gasteiger partial charge in [0.15, 0.2) is 5.17 Å². The van der Waals surface area contributed by atoms with Crippen LogP contribution in [-0.2, 0) is 5.75 Å². The number of carbonyl (C=O) groups is 1. The van der Waals surface area contributed by atoms with Crippen LogP contribution >= 0.6 is 46.7 Å². The molecular formula is C24H23Cl2N3O2S2. The zero-order valence-corrected chi connectivity index (χ0v) is 21.6. The minimum Gasteiger partial charge on any atom is -0.361 e. The van der Waals surface area contributed by atoms with E-state index < -0.39 is 0 Å². The molecule has 1 amide bonds. The molecule has 2 aromatic carbocycles. The first-order valence-electron chi connectivity index (χ1n) is 10.5. The molecule has 0 N–H and O–H groups in total. The summed E-state index contributed by atoms with van der Waals surface area (Å²) in [4.78, 5) is 21.3. The lowest BCUT2D eigenvalue weighted by Gasteiger charge is -2.24. The third-order valence-electron chi connectivity index (χ3n) is 5.46. The molecule has 0 bridgehead atoms. The number of thioether (sulfide) groups is 2. The number of hydrogen-bond donors (Lipinski definition) is 0. The summed E-state index contributed by atoms with van der Waals surface area (Å²) in [5, 5.41) is 5.62. The maximum absolute atomic E-state index is 13.8. The van der Waals surface area contributed by atoms with Crippen molar-refractivity contribution in [2.45, 2.75) is 43.9 Å². The molecule has 4 rings (SSSR count). The van der Waals surface area contributed by atoms with Gasteiger partial charge < -0.3 is 4.52 Å². The van der Waals surface area contributed by atoms with Gasteiger partial charge in [-0.25, -0.2) is 4.99 Å². The Balaban J connectivity index is 1.63. The van der Waals surface area contributed by atoms with E-state index in [-0.39, 0.29) is 11.9 Å². The minimum atomic E-state index is -0.0486. The molecule has 9 heteroatoms. The number of aryl methyl sites for hydroxylation is 2. The van der Waals surface area contributed by atoms with Gasteiger partial charge in [0.25, 0.3) is 5.91 Å². The van der Waals surface area contributed by atoms with Crippen LogP contribution in [0.3, 0.4) is 0 Å². The lowest BCUT2D eigenvalue weighted by Crippen LogP contribution is -2.39. The Morgan fingerprint density at radius 2 is 2.03 bits per heavy atom. The van der Waals surface area contributed by atoms with Gasteiger partial charge in [-0.05, 0) is 50.6 Å². The summed E-state index contributed by atoms with van der Waals surface area (Å²) in [5.41, 5.74) is 3.27. The van der Waals surface area contributed by atoms with Crippen LogP contribution in [0.25, 0.3) is 0 Å². The van der Waals surface area contributed by atoms with Gasteiger partial charge in [-0.3, -0.25) is 9.69 Å². The van der Waals surface area contributed by atoms with Gasteiger partial charge >= 0.3 is 0 Å². The molecule has 172 valence electrons. The molecule has 0 radical (unpaired) electrons. The number of nitrogens with zero attached hydrogens (tertiary/aromatic N) is 3. The van der Waals surface area contributed by atoms with Crippen molar-refractivity contribution < 1.29 is 9.32 Å². The Hall–Kier alpha value is -1.93. The van der Waals surface area contributed by atoms with Crippen molar-refractivity contribution in [3.8, 4) is 0 Å². The molecular weight excluding hydrogens is 497 g/mol. The molecule has 1 atom stereocenters. The zero-order valence-electron chi connectivity index (χ0n) is 18.5. The Morgan fingerprint density at radius 1 is 1.24 bits per heavy atom. The van der Waals surface area contributed by atoms with E-state index in [0.29, 0.717) is 32.2 Å². The van der Waals surface area contributed by atoms with Crippen molar-refractivity contribution >= 4 is 63.5 Å². The lowest BCUT2D eigenvalue weighted by molar-refractivity contribution is 0.0816. The number of aliphatic imine (C=N–C) groups is 1. The second kappa shape index (κ2) is 10.6. The summed E-state index contributed by atoms with van der Waals surface area (Å²) < 4.78 is 5.28. The standard InChI is InChI=1S/C24H23Cl2N3O2S2/c1-4-17-12-33-24(27-16-9-10-20(25)21(26)11-16)29(17)23(30)18-7-5-6-8-22(18)32-13-19-14(2)28-31-15(19)3/h5-11,17H,4,12-13H2,1-3H3. The average molecular weight is 521 g/mol. The van der Waals surface area contributed by atoms with Crippen molar-refractivity contribution in [1.29, 1.82) is 0 Å². The highest BCUT2D eigenvalue weighted by Crippen LogP contribution is 2.35. The molecule has 1 aromatic heterocycles. The maximum Gasteiger partial charge on any atom is 0.261 e. The highest BCUT2D eigenvalue weighted by molar-refractivity contribution is 8.14. The van der Waals surface area contributed by atoms with E-state index in [9.17, 15) is 4.79 Å². The first-order valence-corrected chi connectivity index (χ1v) is 13.3. The fourth-order valence-corrected chi connectivity index (χ4v) is 6.29. The van der Waals surface area contributed by atoms with E-state index in [1.165, 1.54) is 0 Å². The van der Waals surface area contributed by atoms with Crippen LogP contribution in [-0.4, -0.2) is 32.9 Å². The van der Waals surface area contributed by atoms with Crippen LogP contribution < -0.4 is 0 Å². The number of halogens is 2. The number of amidine groups is 1. The van der Waals surface area contributed by atoms with Crippen LogP contribution in [0.2, 0.25) is 10.0 Å². The third kappa shape index (κ3) is 5.27. The monoisotopic (exact) mass is 519 g/mol. The fourth-order valence-electron chi connectivity index (χ4n) is 3.53. The van der Waals surface area contributed by atoms with E-state index in [0.717, 1.165) is 34.1 Å². The van der Waals surface area contributed by atoms with Crippen molar-refractivity contribution in [3.05, 3.63) is 75.1 Å². The summed E-state index contributed by atoms with van der Waals surface area (Å²) in [6.45, 7) is 5.93.